The molecular formula is C20H38O4. The summed E-state index contributed by atoms with van der Waals surface area (Å²) in [6, 6.07) is 0. The van der Waals surface area contributed by atoms with Crippen LogP contribution in [-0.2, 0) is 4.79 Å². The van der Waals surface area contributed by atoms with E-state index in [9.17, 15) is 9.90 Å². The van der Waals surface area contributed by atoms with Crippen LogP contribution in [0.2, 0.25) is 0 Å². The Morgan fingerprint density at radius 3 is 1.50 bits per heavy atom. The average Bonchev–Trinajstić information content (AvgIpc) is 2.55. The van der Waals surface area contributed by atoms with E-state index in [1.807, 2.05) is 0 Å². The Balaban J connectivity index is 3.28. The molecule has 0 saturated carbocycles. The minimum atomic E-state index is -0.995. The highest BCUT2D eigenvalue weighted by molar-refractivity contribution is 5.72. The first-order valence-corrected chi connectivity index (χ1v) is 9.77. The molecule has 0 aliphatic rings. The number of carboxylic acid groups (broad SMARTS) is 1. The molecule has 142 valence electrons. The molecule has 2 atom stereocenters. The smallest absolute Gasteiger partial charge is 0.312 e. The summed E-state index contributed by atoms with van der Waals surface area (Å²) in [7, 11) is 0. The van der Waals surface area contributed by atoms with Crippen molar-refractivity contribution < 1.29 is 20.1 Å². The van der Waals surface area contributed by atoms with Gasteiger partial charge in [-0.25, -0.2) is 0 Å². The number of unbranched alkanes of at least 4 members (excludes halogenated alkanes) is 12. The van der Waals surface area contributed by atoms with E-state index in [1.54, 1.807) is 0 Å². The Morgan fingerprint density at radius 2 is 1.17 bits per heavy atom. The van der Waals surface area contributed by atoms with E-state index in [1.165, 1.54) is 63.9 Å². The molecule has 0 fully saturated rings. The van der Waals surface area contributed by atoms with Crippen molar-refractivity contribution in [1.82, 2.24) is 0 Å². The zero-order valence-corrected chi connectivity index (χ0v) is 15.3. The fourth-order valence-electron chi connectivity index (χ4n) is 3.01. The number of carboxylic acids is 1. The SMILES string of the molecule is C=CC(C(=O)O)C(O)CCCCCCCCCCCCCCCO. The molecule has 2 unspecified atom stereocenters. The molecule has 4 heteroatoms. The second-order valence-electron chi connectivity index (χ2n) is 6.78. The number of rotatable bonds is 18. The van der Waals surface area contributed by atoms with E-state index in [0.29, 0.717) is 13.0 Å². The van der Waals surface area contributed by atoms with Gasteiger partial charge in [-0.3, -0.25) is 4.79 Å². The van der Waals surface area contributed by atoms with Gasteiger partial charge in [0.2, 0.25) is 0 Å². The van der Waals surface area contributed by atoms with Gasteiger partial charge >= 0.3 is 5.97 Å². The number of aliphatic carboxylic acids is 1. The lowest BCUT2D eigenvalue weighted by Crippen LogP contribution is -2.26. The Morgan fingerprint density at radius 1 is 0.792 bits per heavy atom. The van der Waals surface area contributed by atoms with Crippen LogP contribution >= 0.6 is 0 Å². The van der Waals surface area contributed by atoms with Gasteiger partial charge in [0.1, 0.15) is 5.92 Å². The summed E-state index contributed by atoms with van der Waals surface area (Å²) in [5.41, 5.74) is 0. The van der Waals surface area contributed by atoms with Crippen molar-refractivity contribution in [1.29, 1.82) is 0 Å². The zero-order valence-electron chi connectivity index (χ0n) is 15.3. The van der Waals surface area contributed by atoms with Crippen molar-refractivity contribution in [2.75, 3.05) is 6.61 Å². The fourth-order valence-corrected chi connectivity index (χ4v) is 3.01. The lowest BCUT2D eigenvalue weighted by molar-refractivity contribution is -0.143. The average molecular weight is 343 g/mol. The van der Waals surface area contributed by atoms with Gasteiger partial charge in [-0.1, -0.05) is 83.1 Å². The first-order valence-electron chi connectivity index (χ1n) is 9.77. The molecule has 24 heavy (non-hydrogen) atoms. The van der Waals surface area contributed by atoms with Gasteiger partial charge in [0.05, 0.1) is 6.10 Å². The van der Waals surface area contributed by atoms with E-state index in [-0.39, 0.29) is 0 Å². The molecular weight excluding hydrogens is 304 g/mol. The van der Waals surface area contributed by atoms with E-state index in [0.717, 1.165) is 25.7 Å². The van der Waals surface area contributed by atoms with E-state index in [2.05, 4.69) is 6.58 Å². The first kappa shape index (κ1) is 23.1. The maximum absolute atomic E-state index is 10.9. The van der Waals surface area contributed by atoms with Gasteiger partial charge in [0, 0.05) is 6.61 Å². The van der Waals surface area contributed by atoms with Crippen molar-refractivity contribution in [3.05, 3.63) is 12.7 Å². The molecule has 0 aromatic carbocycles. The van der Waals surface area contributed by atoms with Crippen LogP contribution in [0.25, 0.3) is 0 Å². The Bertz CT molecular complexity index is 304. The van der Waals surface area contributed by atoms with Crippen molar-refractivity contribution in [3.63, 3.8) is 0 Å². The van der Waals surface area contributed by atoms with Crippen LogP contribution in [0.5, 0.6) is 0 Å². The molecule has 0 spiro atoms. The van der Waals surface area contributed by atoms with Gasteiger partial charge < -0.3 is 15.3 Å². The molecule has 0 bridgehead atoms. The molecule has 0 saturated heterocycles. The summed E-state index contributed by atoms with van der Waals surface area (Å²) in [6.07, 6.45) is 16.6. The number of aliphatic hydroxyl groups is 2. The molecule has 3 N–H and O–H groups in total. The van der Waals surface area contributed by atoms with Crippen LogP contribution < -0.4 is 0 Å². The molecule has 4 nitrogen and oxygen atoms in total. The Kier molecular flexibility index (Phi) is 16.4. The highest BCUT2D eigenvalue weighted by atomic mass is 16.4. The molecule has 0 aliphatic heterocycles. The van der Waals surface area contributed by atoms with Crippen molar-refractivity contribution in [2.45, 2.75) is 96.0 Å². The van der Waals surface area contributed by atoms with E-state index >= 15 is 0 Å². The third-order valence-corrected chi connectivity index (χ3v) is 4.61. The van der Waals surface area contributed by atoms with Gasteiger partial charge in [0.15, 0.2) is 0 Å². The lowest BCUT2D eigenvalue weighted by Gasteiger charge is -2.15. The quantitative estimate of drug-likeness (QED) is 0.249. The third kappa shape index (κ3) is 13.6. The van der Waals surface area contributed by atoms with Gasteiger partial charge in [-0.2, -0.15) is 0 Å². The standard InChI is InChI=1S/C20H38O4/c1-2-18(20(23)24)19(22)16-14-12-10-8-6-4-3-5-7-9-11-13-15-17-21/h2,18-19,21-22H,1,3-17H2,(H,23,24). The van der Waals surface area contributed by atoms with Gasteiger partial charge in [-0.05, 0) is 12.8 Å². The number of hydrogen-bond acceptors (Lipinski definition) is 3. The third-order valence-electron chi connectivity index (χ3n) is 4.61. The van der Waals surface area contributed by atoms with Crippen molar-refractivity contribution >= 4 is 5.97 Å². The largest absolute Gasteiger partial charge is 0.481 e. The molecule has 0 rings (SSSR count). The predicted octanol–water partition coefficient (Wildman–Crippen LogP) is 4.69. The second kappa shape index (κ2) is 17.0. The maximum Gasteiger partial charge on any atom is 0.312 e. The fraction of sp³-hybridized carbons (Fsp3) is 0.850. The minimum absolute atomic E-state index is 0.327. The van der Waals surface area contributed by atoms with Crippen molar-refractivity contribution in [2.24, 2.45) is 5.92 Å². The second-order valence-corrected chi connectivity index (χ2v) is 6.78. The van der Waals surface area contributed by atoms with Gasteiger partial charge in [-0.15, -0.1) is 6.58 Å². The molecule has 0 aromatic rings. The van der Waals surface area contributed by atoms with Crippen LogP contribution in [0.1, 0.15) is 89.9 Å². The molecule has 0 amide bonds. The number of carbonyl (C=O) groups is 1. The van der Waals surface area contributed by atoms with Crippen LogP contribution in [0.4, 0.5) is 0 Å². The van der Waals surface area contributed by atoms with Crippen LogP contribution in [-0.4, -0.2) is 34.0 Å². The Labute approximate surface area is 148 Å². The number of hydrogen-bond donors (Lipinski definition) is 3. The van der Waals surface area contributed by atoms with E-state index in [4.69, 9.17) is 10.2 Å². The highest BCUT2D eigenvalue weighted by Crippen LogP contribution is 2.16. The maximum atomic E-state index is 10.9. The number of aliphatic hydroxyl groups excluding tert-OH is 2. The molecule has 0 aliphatic carbocycles. The first-order chi connectivity index (χ1) is 11.6. The van der Waals surface area contributed by atoms with Crippen LogP contribution in [0.15, 0.2) is 12.7 Å². The zero-order chi connectivity index (χ0) is 18.0. The minimum Gasteiger partial charge on any atom is -0.481 e. The topological polar surface area (TPSA) is 77.8 Å². The van der Waals surface area contributed by atoms with Gasteiger partial charge in [0.25, 0.3) is 0 Å². The highest BCUT2D eigenvalue weighted by Gasteiger charge is 2.22. The summed E-state index contributed by atoms with van der Waals surface area (Å²) in [5.74, 6) is -1.83. The molecule has 0 radical (unpaired) electrons. The summed E-state index contributed by atoms with van der Waals surface area (Å²) in [6.45, 7) is 3.80. The van der Waals surface area contributed by atoms with Crippen LogP contribution in [0.3, 0.4) is 0 Å². The van der Waals surface area contributed by atoms with Crippen LogP contribution in [0, 0.1) is 5.92 Å². The summed E-state index contributed by atoms with van der Waals surface area (Å²) in [4.78, 5) is 10.9. The predicted molar refractivity (Wildman–Crippen MR) is 99.1 cm³/mol. The Hall–Kier alpha value is -0.870. The van der Waals surface area contributed by atoms with Crippen molar-refractivity contribution in [3.8, 4) is 0 Å². The summed E-state index contributed by atoms with van der Waals surface area (Å²) < 4.78 is 0. The monoisotopic (exact) mass is 342 g/mol. The summed E-state index contributed by atoms with van der Waals surface area (Å²) in [5, 5.41) is 27.4. The lowest BCUT2D eigenvalue weighted by atomic mass is 9.97. The molecule has 0 heterocycles. The normalized spacial score (nSPS) is 13.6. The van der Waals surface area contributed by atoms with E-state index < -0.39 is 18.0 Å². The summed E-state index contributed by atoms with van der Waals surface area (Å²) >= 11 is 0. The molecule has 0 aromatic heterocycles.